The first-order valence-corrected chi connectivity index (χ1v) is 9.97. The van der Waals surface area contributed by atoms with Crippen LogP contribution in [0.3, 0.4) is 0 Å². The van der Waals surface area contributed by atoms with Crippen molar-refractivity contribution >= 4 is 28.1 Å². The summed E-state index contributed by atoms with van der Waals surface area (Å²) in [5.41, 5.74) is 0.245. The first kappa shape index (κ1) is 17.6. The molecule has 0 saturated carbocycles. The number of hydrogen-bond acceptors (Lipinski definition) is 7. The number of carbonyl (C=O) groups excluding carboxylic acids is 2. The highest BCUT2D eigenvalue weighted by molar-refractivity contribution is 7.91. The van der Waals surface area contributed by atoms with Crippen LogP contribution in [-0.2, 0) is 14.6 Å². The molecule has 2 amide bonds. The topological polar surface area (TPSA) is 104 Å². The minimum absolute atomic E-state index is 0.000829. The lowest BCUT2D eigenvalue weighted by Gasteiger charge is -2.32. The smallest absolute Gasteiger partial charge is 0.272 e. The van der Waals surface area contributed by atoms with E-state index in [-0.39, 0.29) is 29.1 Å². The number of piperazine rings is 1. The molecule has 136 valence electrons. The highest BCUT2D eigenvalue weighted by Crippen LogP contribution is 2.19. The van der Waals surface area contributed by atoms with E-state index in [0.29, 0.717) is 38.5 Å². The van der Waals surface area contributed by atoms with Gasteiger partial charge in [-0.1, -0.05) is 0 Å². The Morgan fingerprint density at radius 3 is 2.64 bits per heavy atom. The molecule has 0 spiro atoms. The molecule has 2 aliphatic heterocycles. The minimum atomic E-state index is -3.06. The van der Waals surface area contributed by atoms with Gasteiger partial charge in [-0.2, -0.15) is 0 Å². The molecule has 1 unspecified atom stereocenters. The van der Waals surface area contributed by atoms with Gasteiger partial charge in [-0.15, -0.1) is 0 Å². The minimum Gasteiger partial charge on any atom is -0.342 e. The summed E-state index contributed by atoms with van der Waals surface area (Å²) in [5, 5.41) is 0. The molecule has 0 aromatic carbocycles. The Labute approximate surface area is 146 Å². The summed E-state index contributed by atoms with van der Waals surface area (Å²) >= 11 is 0. The summed E-state index contributed by atoms with van der Waals surface area (Å²) in [7, 11) is -1.45. The largest absolute Gasteiger partial charge is 0.342 e. The van der Waals surface area contributed by atoms with Gasteiger partial charge >= 0.3 is 0 Å². The molecule has 2 aliphatic rings. The van der Waals surface area contributed by atoms with Crippen LogP contribution in [0.1, 0.15) is 16.9 Å². The van der Waals surface area contributed by atoms with Crippen molar-refractivity contribution in [2.24, 2.45) is 0 Å². The van der Waals surface area contributed by atoms with Crippen molar-refractivity contribution in [1.29, 1.82) is 0 Å². The Morgan fingerprint density at radius 1 is 1.32 bits per heavy atom. The normalized spacial score (nSPS) is 22.7. The van der Waals surface area contributed by atoms with E-state index in [4.69, 9.17) is 0 Å². The van der Waals surface area contributed by atoms with E-state index in [0.717, 1.165) is 6.41 Å². The molecular weight excluding hydrogens is 346 g/mol. The van der Waals surface area contributed by atoms with Gasteiger partial charge in [0.1, 0.15) is 5.69 Å². The van der Waals surface area contributed by atoms with Gasteiger partial charge in [0.05, 0.1) is 11.5 Å². The predicted molar refractivity (Wildman–Crippen MR) is 91.0 cm³/mol. The van der Waals surface area contributed by atoms with Crippen LogP contribution in [0.15, 0.2) is 12.3 Å². The zero-order chi connectivity index (χ0) is 18.0. The van der Waals surface area contributed by atoms with Gasteiger partial charge in [-0.3, -0.25) is 9.59 Å². The Kier molecular flexibility index (Phi) is 4.89. The molecule has 2 saturated heterocycles. The third-order valence-electron chi connectivity index (χ3n) is 4.68. The summed E-state index contributed by atoms with van der Waals surface area (Å²) in [6, 6.07) is 1.22. The second kappa shape index (κ2) is 6.95. The zero-order valence-corrected chi connectivity index (χ0v) is 14.9. The Hall–Kier alpha value is -2.23. The molecule has 3 rings (SSSR count). The SMILES string of the molecule is CN(C(=O)c1ccnc(N2CCN(C=O)CC2)n1)C1CCS(=O)(=O)C1. The number of rotatable bonds is 4. The van der Waals surface area contributed by atoms with Crippen LogP contribution in [0.5, 0.6) is 0 Å². The lowest BCUT2D eigenvalue weighted by atomic mass is 10.2. The molecule has 0 radical (unpaired) electrons. The number of carbonyl (C=O) groups is 2. The van der Waals surface area contributed by atoms with E-state index in [1.165, 1.54) is 17.2 Å². The van der Waals surface area contributed by atoms with E-state index in [1.54, 1.807) is 11.9 Å². The molecular formula is C15H21N5O4S. The number of sulfone groups is 1. The predicted octanol–water partition coefficient (Wildman–Crippen LogP) is -0.986. The second-order valence-electron chi connectivity index (χ2n) is 6.34. The third kappa shape index (κ3) is 3.89. The molecule has 9 nitrogen and oxygen atoms in total. The first-order chi connectivity index (χ1) is 11.9. The maximum absolute atomic E-state index is 12.6. The van der Waals surface area contributed by atoms with Gasteiger partial charge in [0, 0.05) is 45.5 Å². The summed E-state index contributed by atoms with van der Waals surface area (Å²) in [6.45, 7) is 2.38. The monoisotopic (exact) mass is 367 g/mol. The maximum Gasteiger partial charge on any atom is 0.272 e. The molecule has 0 aliphatic carbocycles. The van der Waals surface area contributed by atoms with Gasteiger partial charge in [0.2, 0.25) is 12.4 Å². The van der Waals surface area contributed by atoms with Crippen molar-refractivity contribution in [3.8, 4) is 0 Å². The van der Waals surface area contributed by atoms with Crippen molar-refractivity contribution in [3.05, 3.63) is 18.0 Å². The molecule has 2 fully saturated rings. The molecule has 1 aromatic rings. The average Bonchev–Trinajstić information content (AvgIpc) is 3.00. The summed E-state index contributed by atoms with van der Waals surface area (Å²) in [5.74, 6) is 0.257. The lowest BCUT2D eigenvalue weighted by molar-refractivity contribution is -0.118. The van der Waals surface area contributed by atoms with Crippen LogP contribution in [0.4, 0.5) is 5.95 Å². The fraction of sp³-hybridized carbons (Fsp3) is 0.600. The van der Waals surface area contributed by atoms with Crippen molar-refractivity contribution < 1.29 is 18.0 Å². The number of anilines is 1. The Balaban J connectivity index is 1.70. The number of nitrogens with zero attached hydrogens (tertiary/aromatic N) is 5. The van der Waals surface area contributed by atoms with Gasteiger partial charge in [-0.25, -0.2) is 18.4 Å². The molecule has 0 N–H and O–H groups in total. The maximum atomic E-state index is 12.6. The number of amides is 2. The van der Waals surface area contributed by atoms with E-state index < -0.39 is 9.84 Å². The van der Waals surface area contributed by atoms with E-state index >= 15 is 0 Å². The Morgan fingerprint density at radius 2 is 2.04 bits per heavy atom. The molecule has 10 heteroatoms. The van der Waals surface area contributed by atoms with Crippen LogP contribution in [0.25, 0.3) is 0 Å². The van der Waals surface area contributed by atoms with Gasteiger partial charge in [0.25, 0.3) is 5.91 Å². The quantitative estimate of drug-likeness (QED) is 0.630. The van der Waals surface area contributed by atoms with Crippen molar-refractivity contribution in [1.82, 2.24) is 19.8 Å². The number of hydrogen-bond donors (Lipinski definition) is 0. The van der Waals surface area contributed by atoms with Gasteiger partial charge in [-0.05, 0) is 12.5 Å². The fourth-order valence-corrected chi connectivity index (χ4v) is 4.85. The Bertz CT molecular complexity index is 761. The van der Waals surface area contributed by atoms with Crippen molar-refractivity contribution in [3.63, 3.8) is 0 Å². The third-order valence-corrected chi connectivity index (χ3v) is 6.43. The van der Waals surface area contributed by atoms with E-state index in [9.17, 15) is 18.0 Å². The zero-order valence-electron chi connectivity index (χ0n) is 14.0. The second-order valence-corrected chi connectivity index (χ2v) is 8.57. The molecule has 1 atom stereocenters. The van der Waals surface area contributed by atoms with E-state index in [1.807, 2.05) is 4.90 Å². The van der Waals surface area contributed by atoms with Crippen molar-refractivity contribution in [2.45, 2.75) is 12.5 Å². The molecule has 0 bridgehead atoms. The van der Waals surface area contributed by atoms with Crippen LogP contribution in [-0.4, -0.2) is 91.3 Å². The summed E-state index contributed by atoms with van der Waals surface area (Å²) in [6.07, 6.45) is 2.81. The van der Waals surface area contributed by atoms with E-state index in [2.05, 4.69) is 9.97 Å². The lowest BCUT2D eigenvalue weighted by Crippen LogP contribution is -2.46. The summed E-state index contributed by atoms with van der Waals surface area (Å²) < 4.78 is 23.2. The molecule has 3 heterocycles. The van der Waals surface area contributed by atoms with Crippen LogP contribution >= 0.6 is 0 Å². The highest BCUT2D eigenvalue weighted by Gasteiger charge is 2.33. The van der Waals surface area contributed by atoms with Crippen LogP contribution in [0, 0.1) is 0 Å². The average molecular weight is 367 g/mol. The standard InChI is InChI=1S/C15H21N5O4S/c1-18(12-3-9-25(23,24)10-12)14(22)13-2-4-16-15(17-13)20-7-5-19(11-21)6-8-20/h2,4,11-12H,3,5-10H2,1H3. The molecule has 25 heavy (non-hydrogen) atoms. The first-order valence-electron chi connectivity index (χ1n) is 8.14. The number of aromatic nitrogens is 2. The van der Waals surface area contributed by atoms with Crippen molar-refractivity contribution in [2.75, 3.05) is 49.6 Å². The van der Waals surface area contributed by atoms with Crippen LogP contribution < -0.4 is 4.90 Å². The molecule has 1 aromatic heterocycles. The van der Waals surface area contributed by atoms with Crippen LogP contribution in [0.2, 0.25) is 0 Å². The van der Waals surface area contributed by atoms with Gasteiger partial charge < -0.3 is 14.7 Å². The highest BCUT2D eigenvalue weighted by atomic mass is 32.2. The summed E-state index contributed by atoms with van der Waals surface area (Å²) in [4.78, 5) is 37.0. The van der Waals surface area contributed by atoms with Gasteiger partial charge in [0.15, 0.2) is 9.84 Å². The fourth-order valence-electron chi connectivity index (χ4n) is 3.07.